The second-order valence-corrected chi connectivity index (χ2v) is 8.74. The van der Waals surface area contributed by atoms with Crippen LogP contribution < -0.4 is 5.32 Å². The van der Waals surface area contributed by atoms with E-state index in [1.54, 1.807) is 5.56 Å². The van der Waals surface area contributed by atoms with Crippen molar-refractivity contribution < 1.29 is 0 Å². The number of nitrogens with one attached hydrogen (secondary N) is 1. The quantitative estimate of drug-likeness (QED) is 0.761. The molecule has 1 aromatic rings. The zero-order chi connectivity index (χ0) is 14.8. The molecule has 2 aliphatic carbocycles. The normalized spacial score (nSPS) is 30.9. The van der Waals surface area contributed by atoms with Gasteiger partial charge in [-0.3, -0.25) is 0 Å². The number of thiophene rings is 1. The van der Waals surface area contributed by atoms with E-state index in [-0.39, 0.29) is 0 Å². The summed E-state index contributed by atoms with van der Waals surface area (Å²) in [6.07, 6.45) is 10.4. The summed E-state index contributed by atoms with van der Waals surface area (Å²) in [6, 6.07) is 3.04. The third-order valence-corrected chi connectivity index (χ3v) is 6.87. The van der Waals surface area contributed by atoms with Crippen LogP contribution in [-0.2, 0) is 0 Å². The van der Waals surface area contributed by atoms with Crippen molar-refractivity contribution in [3.8, 4) is 0 Å². The van der Waals surface area contributed by atoms with Gasteiger partial charge in [0.25, 0.3) is 0 Å². The average Bonchev–Trinajstić information content (AvgIpc) is 2.83. The molecule has 0 amide bonds. The second kappa shape index (κ2) is 6.83. The molecular formula is C19H31NS. The Kier molecular flexibility index (Phi) is 5.06. The highest BCUT2D eigenvalue weighted by Crippen LogP contribution is 2.47. The lowest BCUT2D eigenvalue weighted by atomic mass is 9.65. The van der Waals surface area contributed by atoms with Crippen LogP contribution in [0.25, 0.3) is 0 Å². The second-order valence-electron chi connectivity index (χ2n) is 7.28. The van der Waals surface area contributed by atoms with Gasteiger partial charge in [0.05, 0.1) is 0 Å². The molecule has 0 aliphatic heterocycles. The molecule has 21 heavy (non-hydrogen) atoms. The molecule has 0 aromatic carbocycles. The molecule has 2 fully saturated rings. The first kappa shape index (κ1) is 15.6. The first-order chi connectivity index (χ1) is 10.2. The molecule has 0 radical (unpaired) electrons. The monoisotopic (exact) mass is 305 g/mol. The van der Waals surface area contributed by atoms with Crippen LogP contribution in [0.1, 0.15) is 73.2 Å². The van der Waals surface area contributed by atoms with Crippen LogP contribution in [-0.4, -0.2) is 6.54 Å². The molecule has 3 rings (SSSR count). The lowest BCUT2D eigenvalue weighted by Gasteiger charge is -2.42. The molecule has 118 valence electrons. The molecule has 4 unspecified atom stereocenters. The predicted octanol–water partition coefficient (Wildman–Crippen LogP) is 5.62. The summed E-state index contributed by atoms with van der Waals surface area (Å²) in [5, 5.41) is 3.82. The molecule has 0 bridgehead atoms. The van der Waals surface area contributed by atoms with E-state index in [0.29, 0.717) is 6.04 Å². The molecule has 2 heteroatoms. The minimum absolute atomic E-state index is 0.600. The minimum Gasteiger partial charge on any atom is -0.310 e. The zero-order valence-electron chi connectivity index (χ0n) is 14.0. The van der Waals surface area contributed by atoms with Crippen LogP contribution in [0.2, 0.25) is 0 Å². The highest BCUT2D eigenvalue weighted by Gasteiger charge is 2.36. The van der Waals surface area contributed by atoms with Crippen molar-refractivity contribution in [3.63, 3.8) is 0 Å². The Balaban J connectivity index is 1.76. The van der Waals surface area contributed by atoms with Gasteiger partial charge in [0, 0.05) is 15.8 Å². The van der Waals surface area contributed by atoms with E-state index < -0.39 is 0 Å². The molecular weight excluding hydrogens is 274 g/mol. The van der Waals surface area contributed by atoms with Gasteiger partial charge in [-0.05, 0) is 69.0 Å². The van der Waals surface area contributed by atoms with Gasteiger partial charge in [0.15, 0.2) is 0 Å². The summed E-state index contributed by atoms with van der Waals surface area (Å²) in [7, 11) is 0. The standard InChI is InChI=1S/C19H31NS/c1-4-20-19(18-11-13(2)21-14(18)3)17-10-9-15-7-5-6-8-16(15)12-17/h11,15-17,19-20H,4-10,12H2,1-3H3. The van der Waals surface area contributed by atoms with Crippen LogP contribution in [0, 0.1) is 31.6 Å². The van der Waals surface area contributed by atoms with Crippen LogP contribution >= 0.6 is 11.3 Å². The number of aryl methyl sites for hydroxylation is 2. The van der Waals surface area contributed by atoms with Crippen LogP contribution in [0.3, 0.4) is 0 Å². The van der Waals surface area contributed by atoms with E-state index in [9.17, 15) is 0 Å². The maximum absolute atomic E-state index is 3.82. The maximum Gasteiger partial charge on any atom is 0.0359 e. The molecule has 0 saturated heterocycles. The lowest BCUT2D eigenvalue weighted by molar-refractivity contribution is 0.110. The van der Waals surface area contributed by atoms with Gasteiger partial charge in [-0.25, -0.2) is 0 Å². The van der Waals surface area contributed by atoms with Crippen LogP contribution in [0.4, 0.5) is 0 Å². The van der Waals surface area contributed by atoms with E-state index in [2.05, 4.69) is 32.2 Å². The Morgan fingerprint density at radius 3 is 2.57 bits per heavy atom. The minimum atomic E-state index is 0.600. The average molecular weight is 306 g/mol. The topological polar surface area (TPSA) is 12.0 Å². The molecule has 2 aliphatic rings. The highest BCUT2D eigenvalue weighted by molar-refractivity contribution is 7.12. The molecule has 2 saturated carbocycles. The fourth-order valence-electron chi connectivity index (χ4n) is 4.92. The van der Waals surface area contributed by atoms with Gasteiger partial charge in [0.2, 0.25) is 0 Å². The lowest BCUT2D eigenvalue weighted by Crippen LogP contribution is -2.35. The summed E-state index contributed by atoms with van der Waals surface area (Å²) in [6.45, 7) is 7.91. The Morgan fingerprint density at radius 2 is 1.90 bits per heavy atom. The Labute approximate surface area is 134 Å². The van der Waals surface area contributed by atoms with Crippen molar-refractivity contribution in [1.82, 2.24) is 5.32 Å². The predicted molar refractivity (Wildman–Crippen MR) is 93.0 cm³/mol. The number of hydrogen-bond donors (Lipinski definition) is 1. The van der Waals surface area contributed by atoms with Crippen LogP contribution in [0.15, 0.2) is 6.07 Å². The molecule has 1 nitrogen and oxygen atoms in total. The first-order valence-corrected chi connectivity index (χ1v) is 9.81. The number of hydrogen-bond acceptors (Lipinski definition) is 2. The van der Waals surface area contributed by atoms with E-state index in [4.69, 9.17) is 0 Å². The molecule has 1 aromatic heterocycles. The van der Waals surface area contributed by atoms with Gasteiger partial charge < -0.3 is 5.32 Å². The van der Waals surface area contributed by atoms with Crippen molar-refractivity contribution in [2.24, 2.45) is 17.8 Å². The summed E-state index contributed by atoms with van der Waals surface area (Å²) < 4.78 is 0. The van der Waals surface area contributed by atoms with E-state index in [1.165, 1.54) is 54.7 Å². The van der Waals surface area contributed by atoms with Crippen LogP contribution in [0.5, 0.6) is 0 Å². The third-order valence-electron chi connectivity index (χ3n) is 5.89. The SMILES string of the molecule is CCNC(c1cc(C)sc1C)C1CCC2CCCCC2C1. The highest BCUT2D eigenvalue weighted by atomic mass is 32.1. The summed E-state index contributed by atoms with van der Waals surface area (Å²) in [5.41, 5.74) is 1.60. The van der Waals surface area contributed by atoms with Crippen molar-refractivity contribution in [2.75, 3.05) is 6.54 Å². The summed E-state index contributed by atoms with van der Waals surface area (Å²) >= 11 is 1.97. The maximum atomic E-state index is 3.82. The van der Waals surface area contributed by atoms with E-state index in [1.807, 2.05) is 11.3 Å². The number of fused-ring (bicyclic) bond motifs is 1. The largest absolute Gasteiger partial charge is 0.310 e. The molecule has 4 atom stereocenters. The van der Waals surface area contributed by atoms with Gasteiger partial charge >= 0.3 is 0 Å². The third kappa shape index (κ3) is 3.37. The van der Waals surface area contributed by atoms with Gasteiger partial charge in [-0.15, -0.1) is 11.3 Å². The zero-order valence-corrected chi connectivity index (χ0v) is 14.8. The Morgan fingerprint density at radius 1 is 1.14 bits per heavy atom. The van der Waals surface area contributed by atoms with Crippen molar-refractivity contribution in [1.29, 1.82) is 0 Å². The van der Waals surface area contributed by atoms with Gasteiger partial charge in [-0.2, -0.15) is 0 Å². The fourth-order valence-corrected chi connectivity index (χ4v) is 5.89. The molecule has 1 heterocycles. The summed E-state index contributed by atoms with van der Waals surface area (Å²) in [5.74, 6) is 2.94. The van der Waals surface area contributed by atoms with Crippen molar-refractivity contribution >= 4 is 11.3 Å². The first-order valence-electron chi connectivity index (χ1n) is 8.99. The summed E-state index contributed by atoms with van der Waals surface area (Å²) in [4.78, 5) is 3.00. The van der Waals surface area contributed by atoms with E-state index in [0.717, 1.165) is 24.3 Å². The van der Waals surface area contributed by atoms with Gasteiger partial charge in [0.1, 0.15) is 0 Å². The number of rotatable bonds is 4. The molecule has 0 spiro atoms. The Bertz CT molecular complexity index is 464. The van der Waals surface area contributed by atoms with Crippen molar-refractivity contribution in [2.45, 2.75) is 71.8 Å². The van der Waals surface area contributed by atoms with E-state index >= 15 is 0 Å². The fraction of sp³-hybridized carbons (Fsp3) is 0.789. The van der Waals surface area contributed by atoms with Crippen molar-refractivity contribution in [3.05, 3.63) is 21.4 Å². The Hall–Kier alpha value is -0.340. The smallest absolute Gasteiger partial charge is 0.0359 e. The van der Waals surface area contributed by atoms with Gasteiger partial charge in [-0.1, -0.05) is 32.6 Å². The molecule has 1 N–H and O–H groups in total.